The molecule has 1 radical (unpaired) electrons. The third-order valence-corrected chi connectivity index (χ3v) is 5.19. The van der Waals surface area contributed by atoms with Crippen molar-refractivity contribution in [2.45, 2.75) is 31.4 Å². The molecule has 1 aromatic carbocycles. The van der Waals surface area contributed by atoms with Gasteiger partial charge in [0.15, 0.2) is 0 Å². The Hall–Kier alpha value is -1.38. The number of carbonyl (C=O) groups is 1. The number of aromatic carboxylic acids is 1. The standard InChI is InChI=1S/C17H16ClFN2O4.Ag/c18-13-14-10(5-12(19)15(13)20-4-3-9(22)6-20)16(23)11(17(24)25)7-21(14)8-1-2-8;/h5,7-9,22H,1-4,6H2,(H,24,25);. The molecule has 1 aromatic heterocycles. The molecule has 4 rings (SSSR count). The van der Waals surface area contributed by atoms with E-state index in [4.69, 9.17) is 11.6 Å². The number of pyridine rings is 1. The molecular weight excluding hydrogens is 459 g/mol. The summed E-state index contributed by atoms with van der Waals surface area (Å²) in [6, 6.07) is 1.12. The van der Waals surface area contributed by atoms with E-state index in [0.717, 1.165) is 18.9 Å². The van der Waals surface area contributed by atoms with Crippen LogP contribution in [0.25, 0.3) is 10.9 Å². The van der Waals surface area contributed by atoms with Crippen LogP contribution in [0.4, 0.5) is 10.1 Å². The molecule has 2 fully saturated rings. The van der Waals surface area contributed by atoms with Gasteiger partial charge in [-0.2, -0.15) is 0 Å². The maximum Gasteiger partial charge on any atom is 0.341 e. The predicted molar refractivity (Wildman–Crippen MR) is 91.2 cm³/mol. The van der Waals surface area contributed by atoms with Crippen LogP contribution < -0.4 is 10.3 Å². The Morgan fingerprint density at radius 1 is 1.31 bits per heavy atom. The zero-order valence-electron chi connectivity index (χ0n) is 13.5. The van der Waals surface area contributed by atoms with Crippen LogP contribution in [0.3, 0.4) is 0 Å². The molecule has 2 heterocycles. The van der Waals surface area contributed by atoms with E-state index in [-0.39, 0.29) is 56.6 Å². The van der Waals surface area contributed by atoms with Gasteiger partial charge < -0.3 is 19.7 Å². The average molecular weight is 475 g/mol. The summed E-state index contributed by atoms with van der Waals surface area (Å²) in [4.78, 5) is 25.5. The second-order valence-electron chi connectivity index (χ2n) is 6.62. The quantitative estimate of drug-likeness (QED) is 0.668. The van der Waals surface area contributed by atoms with E-state index in [2.05, 4.69) is 0 Å². The fourth-order valence-electron chi connectivity index (χ4n) is 3.46. The molecule has 0 amide bonds. The Morgan fingerprint density at radius 3 is 2.54 bits per heavy atom. The summed E-state index contributed by atoms with van der Waals surface area (Å²) in [5.41, 5.74) is -0.619. The number of carboxylic acids is 1. The van der Waals surface area contributed by atoms with Crippen LogP contribution in [0, 0.1) is 5.82 Å². The molecule has 1 atom stereocenters. The summed E-state index contributed by atoms with van der Waals surface area (Å²) in [5, 5.41) is 19.1. The monoisotopic (exact) mass is 473 g/mol. The largest absolute Gasteiger partial charge is 0.477 e. The number of halogens is 2. The fourth-order valence-corrected chi connectivity index (χ4v) is 3.87. The first-order valence-electron chi connectivity index (χ1n) is 8.11. The van der Waals surface area contributed by atoms with Crippen molar-refractivity contribution in [1.29, 1.82) is 0 Å². The molecule has 1 aliphatic carbocycles. The Bertz CT molecular complexity index is 960. The molecule has 2 N–H and O–H groups in total. The summed E-state index contributed by atoms with van der Waals surface area (Å²) in [5.74, 6) is -2.03. The van der Waals surface area contributed by atoms with Crippen molar-refractivity contribution in [3.63, 3.8) is 0 Å². The van der Waals surface area contributed by atoms with Crippen LogP contribution in [0.1, 0.15) is 35.7 Å². The second kappa shape index (κ2) is 6.98. The number of carboxylic acid groups (broad SMARTS) is 1. The summed E-state index contributed by atoms with van der Waals surface area (Å²) < 4.78 is 16.4. The number of benzene rings is 1. The molecule has 1 aliphatic heterocycles. The molecular formula is C17H16AgClFN2O4. The van der Waals surface area contributed by atoms with E-state index >= 15 is 0 Å². The van der Waals surface area contributed by atoms with Gasteiger partial charge in [0, 0.05) is 47.7 Å². The van der Waals surface area contributed by atoms with Gasteiger partial charge in [-0.15, -0.1) is 0 Å². The van der Waals surface area contributed by atoms with Gasteiger partial charge in [0.2, 0.25) is 5.43 Å². The minimum absolute atomic E-state index is 0. The minimum atomic E-state index is -1.34. The maximum absolute atomic E-state index is 14.7. The van der Waals surface area contributed by atoms with Gasteiger partial charge in [-0.05, 0) is 25.3 Å². The molecule has 6 nitrogen and oxygen atoms in total. The van der Waals surface area contributed by atoms with Crippen molar-refractivity contribution >= 4 is 34.2 Å². The Morgan fingerprint density at radius 2 is 2.00 bits per heavy atom. The predicted octanol–water partition coefficient (Wildman–Crippen LogP) is 2.40. The number of hydrogen-bond donors (Lipinski definition) is 2. The number of nitrogens with zero attached hydrogens (tertiary/aromatic N) is 2. The normalized spacial score (nSPS) is 19.7. The number of aliphatic hydroxyl groups excluding tert-OH is 1. The first-order chi connectivity index (χ1) is 11.9. The Labute approximate surface area is 168 Å². The smallest absolute Gasteiger partial charge is 0.341 e. The van der Waals surface area contributed by atoms with Gasteiger partial charge in [0.05, 0.1) is 27.7 Å². The van der Waals surface area contributed by atoms with Crippen molar-refractivity contribution < 1.29 is 41.8 Å². The van der Waals surface area contributed by atoms with Gasteiger partial charge in [-0.3, -0.25) is 4.79 Å². The third kappa shape index (κ3) is 3.08. The van der Waals surface area contributed by atoms with Crippen LogP contribution in [-0.4, -0.2) is 39.9 Å². The summed E-state index contributed by atoms with van der Waals surface area (Å²) in [6.45, 7) is 0.729. The van der Waals surface area contributed by atoms with Gasteiger partial charge in [0.1, 0.15) is 11.4 Å². The van der Waals surface area contributed by atoms with E-state index in [9.17, 15) is 24.2 Å². The molecule has 0 spiro atoms. The van der Waals surface area contributed by atoms with Crippen LogP contribution in [0.15, 0.2) is 17.1 Å². The van der Waals surface area contributed by atoms with E-state index in [1.165, 1.54) is 6.20 Å². The number of hydrogen-bond acceptors (Lipinski definition) is 4. The van der Waals surface area contributed by atoms with Gasteiger partial charge in [-0.25, -0.2) is 9.18 Å². The number of β-amino-alcohol motifs (C(OH)–C–C–N with tert-alkyl or cyclic N) is 1. The van der Waals surface area contributed by atoms with Crippen molar-refractivity contribution in [2.75, 3.05) is 18.0 Å². The zero-order valence-corrected chi connectivity index (χ0v) is 15.7. The SMILES string of the molecule is O=C(O)c1cn(C2CC2)c2c(Cl)c(N3CCC(O)C3)c(F)cc2c1=O.[Ag]. The van der Waals surface area contributed by atoms with Gasteiger partial charge in [0.25, 0.3) is 0 Å². The van der Waals surface area contributed by atoms with E-state index < -0.39 is 23.3 Å². The molecule has 143 valence electrons. The first kappa shape index (κ1) is 19.4. The maximum atomic E-state index is 14.7. The van der Waals surface area contributed by atoms with Crippen LogP contribution >= 0.6 is 11.6 Å². The molecule has 2 aromatic rings. The third-order valence-electron chi connectivity index (χ3n) is 4.83. The molecule has 1 saturated heterocycles. The fraction of sp³-hybridized carbons (Fsp3) is 0.412. The molecule has 1 saturated carbocycles. The van der Waals surface area contributed by atoms with E-state index in [1.54, 1.807) is 9.47 Å². The topological polar surface area (TPSA) is 82.8 Å². The molecule has 1 unspecified atom stereocenters. The number of aliphatic hydroxyl groups is 1. The molecule has 0 bridgehead atoms. The van der Waals surface area contributed by atoms with Crippen molar-refractivity contribution in [3.05, 3.63) is 38.9 Å². The number of rotatable bonds is 3. The van der Waals surface area contributed by atoms with E-state index in [0.29, 0.717) is 18.5 Å². The average Bonchev–Trinajstić information content (AvgIpc) is 3.30. The van der Waals surface area contributed by atoms with Gasteiger partial charge in [-0.1, -0.05) is 11.6 Å². The summed E-state index contributed by atoms with van der Waals surface area (Å²) in [6.07, 6.45) is 2.97. The molecule has 9 heteroatoms. The van der Waals surface area contributed by atoms with Crippen LogP contribution in [0.5, 0.6) is 0 Å². The van der Waals surface area contributed by atoms with Gasteiger partial charge >= 0.3 is 5.97 Å². The number of fused-ring (bicyclic) bond motifs is 1. The number of aromatic nitrogens is 1. The molecule has 2 aliphatic rings. The number of anilines is 1. The zero-order chi connectivity index (χ0) is 17.9. The second-order valence-corrected chi connectivity index (χ2v) is 7.00. The molecule has 26 heavy (non-hydrogen) atoms. The summed E-state index contributed by atoms with van der Waals surface area (Å²) in [7, 11) is 0. The van der Waals surface area contributed by atoms with E-state index in [1.807, 2.05) is 0 Å². The van der Waals surface area contributed by atoms with Crippen molar-refractivity contribution in [1.82, 2.24) is 4.57 Å². The summed E-state index contributed by atoms with van der Waals surface area (Å²) >= 11 is 6.49. The van der Waals surface area contributed by atoms with Crippen molar-refractivity contribution in [2.24, 2.45) is 0 Å². The Balaban J connectivity index is 0.00000196. The Kier molecular flexibility index (Phi) is 5.20. The van der Waals surface area contributed by atoms with Crippen LogP contribution in [-0.2, 0) is 22.4 Å². The minimum Gasteiger partial charge on any atom is -0.477 e. The van der Waals surface area contributed by atoms with Crippen molar-refractivity contribution in [3.8, 4) is 0 Å². The first-order valence-corrected chi connectivity index (χ1v) is 8.49. The van der Waals surface area contributed by atoms with Crippen LogP contribution in [0.2, 0.25) is 5.02 Å².